The first-order valence-corrected chi connectivity index (χ1v) is 5.56. The van der Waals surface area contributed by atoms with E-state index in [0.717, 1.165) is 11.8 Å². The quantitative estimate of drug-likeness (QED) is 0.661. The van der Waals surface area contributed by atoms with Crippen LogP contribution in [0.4, 0.5) is 0 Å². The van der Waals surface area contributed by atoms with Gasteiger partial charge in [0, 0.05) is 0 Å². The van der Waals surface area contributed by atoms with Crippen molar-refractivity contribution >= 4 is 0 Å². The zero-order valence-corrected chi connectivity index (χ0v) is 9.30. The van der Waals surface area contributed by atoms with E-state index >= 15 is 0 Å². The van der Waals surface area contributed by atoms with E-state index in [4.69, 9.17) is 0 Å². The van der Waals surface area contributed by atoms with E-state index < -0.39 is 5.60 Å². The molecule has 1 N–H and O–H groups in total. The number of aliphatic hydroxyl groups is 1. The summed E-state index contributed by atoms with van der Waals surface area (Å²) >= 11 is 0. The molecule has 1 heteroatoms. The summed E-state index contributed by atoms with van der Waals surface area (Å²) in [5.74, 6) is 2.17. The molecule has 2 aliphatic carbocycles. The predicted octanol–water partition coefficient (Wildman–Crippen LogP) is 2.83. The summed E-state index contributed by atoms with van der Waals surface area (Å²) in [6, 6.07) is 0. The SMILES string of the molecule is CC(C)(O)C1C2CCC(C2)C1(C)C. The number of hydrogen-bond donors (Lipinski definition) is 1. The maximum atomic E-state index is 10.2. The maximum absolute atomic E-state index is 10.2. The van der Waals surface area contributed by atoms with Crippen molar-refractivity contribution in [1.29, 1.82) is 0 Å². The van der Waals surface area contributed by atoms with Crippen LogP contribution in [-0.2, 0) is 0 Å². The Morgan fingerprint density at radius 1 is 1.23 bits per heavy atom. The zero-order chi connectivity index (χ0) is 9.85. The number of rotatable bonds is 1. The van der Waals surface area contributed by atoms with Crippen LogP contribution in [0.1, 0.15) is 47.0 Å². The summed E-state index contributed by atoms with van der Waals surface area (Å²) in [4.78, 5) is 0. The van der Waals surface area contributed by atoms with E-state index in [2.05, 4.69) is 13.8 Å². The van der Waals surface area contributed by atoms with E-state index in [1.807, 2.05) is 13.8 Å². The lowest BCUT2D eigenvalue weighted by molar-refractivity contribution is -0.0648. The van der Waals surface area contributed by atoms with Gasteiger partial charge in [0.25, 0.3) is 0 Å². The molecule has 0 aromatic heterocycles. The highest BCUT2D eigenvalue weighted by Crippen LogP contribution is 2.62. The fourth-order valence-corrected chi connectivity index (χ4v) is 4.34. The Morgan fingerprint density at radius 2 is 1.85 bits per heavy atom. The molecule has 2 rings (SSSR count). The molecule has 0 amide bonds. The molecule has 2 bridgehead atoms. The highest BCUT2D eigenvalue weighted by molar-refractivity contribution is 5.06. The first-order valence-electron chi connectivity index (χ1n) is 5.56. The van der Waals surface area contributed by atoms with Crippen LogP contribution in [0.15, 0.2) is 0 Å². The van der Waals surface area contributed by atoms with Gasteiger partial charge in [-0.3, -0.25) is 0 Å². The number of hydrogen-bond acceptors (Lipinski definition) is 1. The molecular formula is C12H22O. The molecule has 3 unspecified atom stereocenters. The lowest BCUT2D eigenvalue weighted by Crippen LogP contribution is -2.44. The van der Waals surface area contributed by atoms with Crippen LogP contribution >= 0.6 is 0 Å². The molecule has 0 radical (unpaired) electrons. The molecule has 0 spiro atoms. The van der Waals surface area contributed by atoms with Gasteiger partial charge in [0.1, 0.15) is 0 Å². The Hall–Kier alpha value is -0.0400. The van der Waals surface area contributed by atoms with Crippen molar-refractivity contribution in [2.45, 2.75) is 52.6 Å². The third kappa shape index (κ3) is 1.24. The van der Waals surface area contributed by atoms with E-state index in [1.54, 1.807) is 0 Å². The van der Waals surface area contributed by atoms with Crippen LogP contribution in [0, 0.1) is 23.2 Å². The Kier molecular flexibility index (Phi) is 1.83. The fourth-order valence-electron chi connectivity index (χ4n) is 4.34. The second-order valence-electron chi connectivity index (χ2n) is 6.22. The molecule has 0 heterocycles. The molecule has 3 atom stereocenters. The van der Waals surface area contributed by atoms with Gasteiger partial charge in [-0.2, -0.15) is 0 Å². The molecule has 2 saturated carbocycles. The Balaban J connectivity index is 2.29. The molecule has 0 saturated heterocycles. The third-order valence-electron chi connectivity index (χ3n) is 4.56. The van der Waals surface area contributed by atoms with E-state index in [-0.39, 0.29) is 0 Å². The molecule has 2 fully saturated rings. The molecule has 2 aliphatic rings. The van der Waals surface area contributed by atoms with Crippen LogP contribution < -0.4 is 0 Å². The summed E-state index contributed by atoms with van der Waals surface area (Å²) < 4.78 is 0. The summed E-state index contributed by atoms with van der Waals surface area (Å²) in [6.07, 6.45) is 4.11. The largest absolute Gasteiger partial charge is 0.390 e. The lowest BCUT2D eigenvalue weighted by Gasteiger charge is -2.44. The van der Waals surface area contributed by atoms with Gasteiger partial charge in [-0.1, -0.05) is 13.8 Å². The molecular weight excluding hydrogens is 160 g/mol. The van der Waals surface area contributed by atoms with Crippen molar-refractivity contribution in [3.05, 3.63) is 0 Å². The standard InChI is InChI=1S/C12H22O/c1-11(2)9-6-5-8(7-9)10(11)12(3,4)13/h8-10,13H,5-7H2,1-4H3. The van der Waals surface area contributed by atoms with Crippen molar-refractivity contribution in [1.82, 2.24) is 0 Å². The van der Waals surface area contributed by atoms with E-state index in [0.29, 0.717) is 11.3 Å². The minimum absolute atomic E-state index is 0.362. The predicted molar refractivity (Wildman–Crippen MR) is 54.4 cm³/mol. The van der Waals surface area contributed by atoms with Gasteiger partial charge in [-0.15, -0.1) is 0 Å². The van der Waals surface area contributed by atoms with Crippen LogP contribution in [0.2, 0.25) is 0 Å². The summed E-state index contributed by atoms with van der Waals surface area (Å²) in [7, 11) is 0. The average Bonchev–Trinajstić information content (AvgIpc) is 2.38. The molecule has 0 aromatic rings. The normalized spacial score (nSPS) is 42.7. The van der Waals surface area contributed by atoms with Crippen molar-refractivity contribution in [3.8, 4) is 0 Å². The van der Waals surface area contributed by atoms with E-state index in [9.17, 15) is 5.11 Å². The highest BCUT2D eigenvalue weighted by atomic mass is 16.3. The molecule has 76 valence electrons. The first kappa shape index (κ1) is 9.51. The molecule has 0 aliphatic heterocycles. The van der Waals surface area contributed by atoms with Crippen LogP contribution in [-0.4, -0.2) is 10.7 Å². The van der Waals surface area contributed by atoms with Crippen molar-refractivity contribution < 1.29 is 5.11 Å². The summed E-state index contributed by atoms with van der Waals surface area (Å²) in [6.45, 7) is 8.67. The van der Waals surface area contributed by atoms with E-state index in [1.165, 1.54) is 19.3 Å². The highest BCUT2D eigenvalue weighted by Gasteiger charge is 2.57. The van der Waals surface area contributed by atoms with Crippen molar-refractivity contribution in [3.63, 3.8) is 0 Å². The first-order chi connectivity index (χ1) is 5.83. The van der Waals surface area contributed by atoms with Gasteiger partial charge in [0.05, 0.1) is 5.60 Å². The van der Waals surface area contributed by atoms with Crippen LogP contribution in [0.3, 0.4) is 0 Å². The maximum Gasteiger partial charge on any atom is 0.0627 e. The monoisotopic (exact) mass is 182 g/mol. The Labute approximate surface area is 81.5 Å². The smallest absolute Gasteiger partial charge is 0.0627 e. The average molecular weight is 182 g/mol. The molecule has 1 nitrogen and oxygen atoms in total. The van der Waals surface area contributed by atoms with Crippen molar-refractivity contribution in [2.24, 2.45) is 23.2 Å². The van der Waals surface area contributed by atoms with Gasteiger partial charge in [-0.05, 0) is 56.3 Å². The molecule has 13 heavy (non-hydrogen) atoms. The minimum Gasteiger partial charge on any atom is -0.390 e. The van der Waals surface area contributed by atoms with Gasteiger partial charge in [0.2, 0.25) is 0 Å². The van der Waals surface area contributed by atoms with Crippen LogP contribution in [0.5, 0.6) is 0 Å². The minimum atomic E-state index is -0.483. The van der Waals surface area contributed by atoms with Gasteiger partial charge in [-0.25, -0.2) is 0 Å². The van der Waals surface area contributed by atoms with Gasteiger partial charge >= 0.3 is 0 Å². The third-order valence-corrected chi connectivity index (χ3v) is 4.56. The summed E-state index contributed by atoms with van der Waals surface area (Å²) in [5.41, 5.74) is -0.121. The molecule has 0 aromatic carbocycles. The van der Waals surface area contributed by atoms with Gasteiger partial charge in [0.15, 0.2) is 0 Å². The number of fused-ring (bicyclic) bond motifs is 2. The Morgan fingerprint density at radius 3 is 2.15 bits per heavy atom. The Bertz CT molecular complexity index is 212. The lowest BCUT2D eigenvalue weighted by atomic mass is 9.63. The van der Waals surface area contributed by atoms with Gasteiger partial charge < -0.3 is 5.11 Å². The van der Waals surface area contributed by atoms with Crippen LogP contribution in [0.25, 0.3) is 0 Å². The fraction of sp³-hybridized carbons (Fsp3) is 1.00. The summed E-state index contributed by atoms with van der Waals surface area (Å²) in [5, 5.41) is 10.2. The second-order valence-corrected chi connectivity index (χ2v) is 6.22. The van der Waals surface area contributed by atoms with Crippen molar-refractivity contribution in [2.75, 3.05) is 0 Å². The second kappa shape index (κ2) is 2.50. The topological polar surface area (TPSA) is 20.2 Å². The zero-order valence-electron chi connectivity index (χ0n) is 9.30.